The second-order valence-corrected chi connectivity index (χ2v) is 5.96. The molecule has 0 atom stereocenters. The van der Waals surface area contributed by atoms with E-state index < -0.39 is 18.7 Å². The Morgan fingerprint density at radius 1 is 1.11 bits per heavy atom. The van der Waals surface area contributed by atoms with Crippen LogP contribution in [0.4, 0.5) is 22.0 Å². The Bertz CT molecular complexity index is 966. The Labute approximate surface area is 149 Å². The van der Waals surface area contributed by atoms with E-state index in [1.807, 2.05) is 0 Å². The maximum atomic E-state index is 13.2. The van der Waals surface area contributed by atoms with E-state index in [9.17, 15) is 22.0 Å². The molecule has 0 unspecified atom stereocenters. The van der Waals surface area contributed by atoms with Gasteiger partial charge in [0.05, 0.1) is 0 Å². The molecule has 27 heavy (non-hydrogen) atoms. The zero-order valence-electron chi connectivity index (χ0n) is 13.5. The standard InChI is InChI=1S/C16H12F5N5O/c17-15(18)26-7-23-12-11(24-13(25-14(12)26)9-5-22-6-9)8-1-3-10(4-2-8)27-16(19,20)21/h1-4,7,9,15,22H,5-6H2. The van der Waals surface area contributed by atoms with Crippen LogP contribution < -0.4 is 10.1 Å². The molecule has 1 fully saturated rings. The number of alkyl halides is 5. The molecule has 6 nitrogen and oxygen atoms in total. The van der Waals surface area contributed by atoms with Crippen LogP contribution in [0.3, 0.4) is 0 Å². The number of hydrogen-bond donors (Lipinski definition) is 1. The molecule has 0 bridgehead atoms. The molecule has 2 aromatic heterocycles. The number of rotatable bonds is 4. The van der Waals surface area contributed by atoms with Gasteiger partial charge in [0.2, 0.25) is 0 Å². The summed E-state index contributed by atoms with van der Waals surface area (Å²) in [5.41, 5.74) is 0.827. The number of nitrogens with zero attached hydrogens (tertiary/aromatic N) is 4. The third-order valence-corrected chi connectivity index (χ3v) is 4.16. The lowest BCUT2D eigenvalue weighted by Gasteiger charge is -2.26. The van der Waals surface area contributed by atoms with Crippen LogP contribution in [0, 0.1) is 0 Å². The lowest BCUT2D eigenvalue weighted by molar-refractivity contribution is -0.274. The summed E-state index contributed by atoms with van der Waals surface area (Å²) in [5, 5.41) is 3.05. The zero-order valence-corrected chi connectivity index (χ0v) is 13.5. The van der Waals surface area contributed by atoms with Crippen molar-refractivity contribution in [3.05, 3.63) is 36.4 Å². The monoisotopic (exact) mass is 385 g/mol. The van der Waals surface area contributed by atoms with E-state index in [1.165, 1.54) is 12.1 Å². The van der Waals surface area contributed by atoms with Gasteiger partial charge >= 0.3 is 12.9 Å². The molecule has 0 spiro atoms. The molecule has 3 heterocycles. The van der Waals surface area contributed by atoms with Gasteiger partial charge in [0.15, 0.2) is 5.65 Å². The van der Waals surface area contributed by atoms with Crippen molar-refractivity contribution in [3.8, 4) is 17.0 Å². The summed E-state index contributed by atoms with van der Waals surface area (Å²) in [4.78, 5) is 12.6. The predicted octanol–water partition coefficient (Wildman–Crippen LogP) is 3.47. The van der Waals surface area contributed by atoms with Crippen molar-refractivity contribution in [2.24, 2.45) is 0 Å². The number of aromatic nitrogens is 4. The van der Waals surface area contributed by atoms with Gasteiger partial charge in [-0.1, -0.05) is 0 Å². The van der Waals surface area contributed by atoms with Gasteiger partial charge in [-0.2, -0.15) is 8.78 Å². The number of hydrogen-bond acceptors (Lipinski definition) is 5. The highest BCUT2D eigenvalue weighted by Crippen LogP contribution is 2.31. The van der Waals surface area contributed by atoms with Gasteiger partial charge in [0.1, 0.15) is 29.1 Å². The number of fused-ring (bicyclic) bond motifs is 1. The lowest BCUT2D eigenvalue weighted by atomic mass is 10.0. The maximum absolute atomic E-state index is 13.2. The summed E-state index contributed by atoms with van der Waals surface area (Å²) >= 11 is 0. The molecule has 0 aliphatic carbocycles. The number of imidazole rings is 1. The molecule has 11 heteroatoms. The summed E-state index contributed by atoms with van der Waals surface area (Å²) in [7, 11) is 0. The highest BCUT2D eigenvalue weighted by Gasteiger charge is 2.31. The predicted molar refractivity (Wildman–Crippen MR) is 84.3 cm³/mol. The first-order chi connectivity index (χ1) is 12.8. The van der Waals surface area contributed by atoms with Gasteiger partial charge in [-0.3, -0.25) is 4.57 Å². The summed E-state index contributed by atoms with van der Waals surface area (Å²) in [5.74, 6) is -0.0330. The average Bonchev–Trinajstić information content (AvgIpc) is 2.96. The van der Waals surface area contributed by atoms with Crippen molar-refractivity contribution in [1.29, 1.82) is 0 Å². The quantitative estimate of drug-likeness (QED) is 0.697. The molecule has 1 N–H and O–H groups in total. The Morgan fingerprint density at radius 3 is 2.37 bits per heavy atom. The highest BCUT2D eigenvalue weighted by atomic mass is 19.4. The third-order valence-electron chi connectivity index (χ3n) is 4.16. The van der Waals surface area contributed by atoms with Crippen LogP contribution in [-0.2, 0) is 0 Å². The van der Waals surface area contributed by atoms with Gasteiger partial charge in [-0.15, -0.1) is 13.2 Å². The third kappa shape index (κ3) is 3.42. The van der Waals surface area contributed by atoms with E-state index in [4.69, 9.17) is 0 Å². The molecule has 1 aliphatic heterocycles. The maximum Gasteiger partial charge on any atom is 0.573 e. The van der Waals surface area contributed by atoms with Crippen LogP contribution in [0.1, 0.15) is 18.3 Å². The van der Waals surface area contributed by atoms with Crippen LogP contribution in [0.2, 0.25) is 0 Å². The van der Waals surface area contributed by atoms with Crippen molar-refractivity contribution in [3.63, 3.8) is 0 Å². The van der Waals surface area contributed by atoms with E-state index in [-0.39, 0.29) is 22.8 Å². The molecule has 0 saturated carbocycles. The minimum absolute atomic E-state index is 0.0208. The molecule has 1 aliphatic rings. The zero-order chi connectivity index (χ0) is 19.2. The number of nitrogens with one attached hydrogen (secondary N) is 1. The summed E-state index contributed by atoms with van der Waals surface area (Å²) < 4.78 is 67.9. The molecule has 0 radical (unpaired) electrons. The Balaban J connectivity index is 1.80. The second kappa shape index (κ2) is 6.41. The molecular weight excluding hydrogens is 373 g/mol. The first-order valence-electron chi connectivity index (χ1n) is 7.91. The summed E-state index contributed by atoms with van der Waals surface area (Å²) in [6.07, 6.45) is -3.83. The van der Waals surface area contributed by atoms with Gasteiger partial charge in [-0.05, 0) is 24.3 Å². The first kappa shape index (κ1) is 17.6. The fourth-order valence-electron chi connectivity index (χ4n) is 2.75. The first-order valence-corrected chi connectivity index (χ1v) is 7.91. The molecule has 1 saturated heterocycles. The van der Waals surface area contributed by atoms with Crippen molar-refractivity contribution < 1.29 is 26.7 Å². The van der Waals surface area contributed by atoms with Crippen LogP contribution >= 0.6 is 0 Å². The average molecular weight is 385 g/mol. The number of benzene rings is 1. The molecule has 0 amide bonds. The fourth-order valence-corrected chi connectivity index (χ4v) is 2.75. The normalized spacial score (nSPS) is 15.3. The minimum Gasteiger partial charge on any atom is -0.406 e. The van der Waals surface area contributed by atoms with Crippen molar-refractivity contribution >= 4 is 11.2 Å². The van der Waals surface area contributed by atoms with Gasteiger partial charge in [0.25, 0.3) is 0 Å². The number of halogens is 5. The van der Waals surface area contributed by atoms with Crippen LogP contribution in [0.15, 0.2) is 30.6 Å². The molecule has 4 rings (SSSR count). The van der Waals surface area contributed by atoms with E-state index in [1.54, 1.807) is 0 Å². The van der Waals surface area contributed by atoms with Gasteiger partial charge in [0, 0.05) is 24.6 Å². The SMILES string of the molecule is FC(F)n1cnc2c(-c3ccc(OC(F)(F)F)cc3)nc(C3CNC3)nc21. The summed E-state index contributed by atoms with van der Waals surface area (Å²) in [6.45, 7) is -1.59. The second-order valence-electron chi connectivity index (χ2n) is 5.96. The summed E-state index contributed by atoms with van der Waals surface area (Å²) in [6, 6.07) is 5.00. The fraction of sp³-hybridized carbons (Fsp3) is 0.312. The molecule has 142 valence electrons. The van der Waals surface area contributed by atoms with Crippen molar-refractivity contribution in [2.45, 2.75) is 18.8 Å². The topological polar surface area (TPSA) is 64.9 Å². The van der Waals surface area contributed by atoms with Crippen molar-refractivity contribution in [1.82, 2.24) is 24.8 Å². The van der Waals surface area contributed by atoms with Crippen molar-refractivity contribution in [2.75, 3.05) is 13.1 Å². The van der Waals surface area contributed by atoms with Crippen LogP contribution in [-0.4, -0.2) is 39.0 Å². The Morgan fingerprint density at radius 2 is 1.81 bits per heavy atom. The largest absolute Gasteiger partial charge is 0.573 e. The van der Waals surface area contributed by atoms with E-state index in [0.29, 0.717) is 29.0 Å². The highest BCUT2D eigenvalue weighted by molar-refractivity contribution is 5.87. The van der Waals surface area contributed by atoms with E-state index >= 15 is 0 Å². The van der Waals surface area contributed by atoms with Gasteiger partial charge < -0.3 is 10.1 Å². The molecular formula is C16H12F5N5O. The Kier molecular flexibility index (Phi) is 4.17. The van der Waals surface area contributed by atoms with Gasteiger partial charge in [-0.25, -0.2) is 15.0 Å². The Hall–Kier alpha value is -2.82. The van der Waals surface area contributed by atoms with Crippen LogP contribution in [0.5, 0.6) is 5.75 Å². The van der Waals surface area contributed by atoms with E-state index in [0.717, 1.165) is 18.5 Å². The smallest absolute Gasteiger partial charge is 0.406 e. The minimum atomic E-state index is -4.80. The molecule has 1 aromatic carbocycles. The van der Waals surface area contributed by atoms with Crippen LogP contribution in [0.25, 0.3) is 22.4 Å². The van der Waals surface area contributed by atoms with E-state index in [2.05, 4.69) is 25.0 Å². The lowest BCUT2D eigenvalue weighted by Crippen LogP contribution is -2.40. The number of ether oxygens (including phenoxy) is 1. The molecule has 3 aromatic rings.